The summed E-state index contributed by atoms with van der Waals surface area (Å²) in [5.41, 5.74) is 0. The molecule has 0 aromatic carbocycles. The van der Waals surface area contributed by atoms with Crippen molar-refractivity contribution < 1.29 is 13.9 Å². The zero-order chi connectivity index (χ0) is 11.3. The molecule has 1 aromatic heterocycles. The Morgan fingerprint density at radius 1 is 1.53 bits per heavy atom. The van der Waals surface area contributed by atoms with Crippen molar-refractivity contribution in [3.05, 3.63) is 5.89 Å². The van der Waals surface area contributed by atoms with E-state index in [9.17, 15) is 4.79 Å². The second-order valence-electron chi connectivity index (χ2n) is 3.30. The second-order valence-corrected chi connectivity index (χ2v) is 4.27. The molecule has 0 aliphatic heterocycles. The maximum absolute atomic E-state index is 11.2. The molecule has 6 heteroatoms. The number of esters is 1. The van der Waals surface area contributed by atoms with E-state index in [0.717, 1.165) is 5.75 Å². The lowest BCUT2D eigenvalue weighted by Gasteiger charge is -1.98. The molecule has 0 saturated heterocycles. The predicted molar refractivity (Wildman–Crippen MR) is 55.8 cm³/mol. The van der Waals surface area contributed by atoms with Crippen LogP contribution in [0, 0.1) is 5.92 Å². The zero-order valence-electron chi connectivity index (χ0n) is 9.02. The number of carbonyl (C=O) groups excluding carboxylic acids is 1. The second kappa shape index (κ2) is 5.75. The van der Waals surface area contributed by atoms with E-state index in [0.29, 0.717) is 17.7 Å². The Morgan fingerprint density at radius 2 is 2.27 bits per heavy atom. The van der Waals surface area contributed by atoms with Gasteiger partial charge in [0.1, 0.15) is 0 Å². The third-order valence-corrected chi connectivity index (χ3v) is 2.64. The summed E-state index contributed by atoms with van der Waals surface area (Å²) < 4.78 is 9.84. The molecule has 0 amide bonds. The van der Waals surface area contributed by atoms with Crippen LogP contribution in [0.5, 0.6) is 0 Å². The van der Waals surface area contributed by atoms with Gasteiger partial charge in [0.25, 0.3) is 5.22 Å². The smallest absolute Gasteiger partial charge is 0.396 e. The fraction of sp³-hybridized carbons (Fsp3) is 0.667. The van der Waals surface area contributed by atoms with Gasteiger partial charge in [-0.2, -0.15) is 0 Å². The molecular weight excluding hydrogens is 216 g/mol. The van der Waals surface area contributed by atoms with Gasteiger partial charge in [0, 0.05) is 5.75 Å². The van der Waals surface area contributed by atoms with E-state index in [4.69, 9.17) is 9.15 Å². The van der Waals surface area contributed by atoms with Gasteiger partial charge in [0.05, 0.1) is 6.61 Å². The van der Waals surface area contributed by atoms with Crippen molar-refractivity contribution in [3.63, 3.8) is 0 Å². The molecule has 0 N–H and O–H groups in total. The molecule has 0 aliphatic rings. The fourth-order valence-corrected chi connectivity index (χ4v) is 1.49. The van der Waals surface area contributed by atoms with Crippen LogP contribution < -0.4 is 0 Å². The Bertz CT molecular complexity index is 325. The molecule has 1 aromatic rings. The molecule has 5 nitrogen and oxygen atoms in total. The molecule has 84 valence electrons. The molecule has 0 bridgehead atoms. The molecule has 1 heterocycles. The summed E-state index contributed by atoms with van der Waals surface area (Å²) in [5.74, 6) is 0.766. The Hall–Kier alpha value is -1.04. The highest BCUT2D eigenvalue weighted by Crippen LogP contribution is 2.19. The van der Waals surface area contributed by atoms with Gasteiger partial charge < -0.3 is 9.15 Å². The van der Waals surface area contributed by atoms with Crippen molar-refractivity contribution in [1.29, 1.82) is 0 Å². The number of hydrogen-bond acceptors (Lipinski definition) is 6. The van der Waals surface area contributed by atoms with Crippen molar-refractivity contribution in [2.45, 2.75) is 26.0 Å². The van der Waals surface area contributed by atoms with Gasteiger partial charge in [0.2, 0.25) is 0 Å². The summed E-state index contributed by atoms with van der Waals surface area (Å²) in [7, 11) is 0. The number of nitrogens with zero attached hydrogens (tertiary/aromatic N) is 2. The van der Waals surface area contributed by atoms with Gasteiger partial charge in [-0.3, -0.25) is 0 Å². The van der Waals surface area contributed by atoms with Crippen molar-refractivity contribution in [2.24, 2.45) is 5.92 Å². The average Bonchev–Trinajstić information content (AvgIpc) is 2.63. The van der Waals surface area contributed by atoms with Crippen LogP contribution in [-0.2, 0) is 4.74 Å². The number of hydrogen-bond donors (Lipinski definition) is 0. The minimum Gasteiger partial charge on any atom is -0.459 e. The van der Waals surface area contributed by atoms with Crippen LogP contribution >= 0.6 is 11.8 Å². The van der Waals surface area contributed by atoms with Gasteiger partial charge >= 0.3 is 11.9 Å². The topological polar surface area (TPSA) is 65.2 Å². The average molecular weight is 230 g/mol. The lowest BCUT2D eigenvalue weighted by Crippen LogP contribution is -2.04. The van der Waals surface area contributed by atoms with Crippen molar-refractivity contribution in [3.8, 4) is 0 Å². The van der Waals surface area contributed by atoms with E-state index in [1.165, 1.54) is 11.8 Å². The lowest BCUT2D eigenvalue weighted by atomic mass is 10.3. The summed E-state index contributed by atoms with van der Waals surface area (Å²) in [5, 5.41) is 7.75. The van der Waals surface area contributed by atoms with Crippen LogP contribution in [0.15, 0.2) is 9.64 Å². The quantitative estimate of drug-likeness (QED) is 0.569. The number of thioether (sulfide) groups is 1. The highest BCUT2D eigenvalue weighted by Gasteiger charge is 2.15. The van der Waals surface area contributed by atoms with Crippen LogP contribution in [0.2, 0.25) is 0 Å². The van der Waals surface area contributed by atoms with Crippen molar-refractivity contribution >= 4 is 17.7 Å². The van der Waals surface area contributed by atoms with E-state index in [-0.39, 0.29) is 5.89 Å². The maximum Gasteiger partial charge on any atom is 0.396 e. The molecule has 0 saturated carbocycles. The summed E-state index contributed by atoms with van der Waals surface area (Å²) in [6, 6.07) is 0. The number of ether oxygens (including phenoxy) is 1. The third-order valence-electron chi connectivity index (χ3n) is 1.40. The van der Waals surface area contributed by atoms with E-state index < -0.39 is 5.97 Å². The first-order valence-electron chi connectivity index (χ1n) is 4.77. The summed E-state index contributed by atoms with van der Waals surface area (Å²) in [6.07, 6.45) is 0. The van der Waals surface area contributed by atoms with Crippen LogP contribution in [-0.4, -0.2) is 28.5 Å². The molecule has 0 fully saturated rings. The monoisotopic (exact) mass is 230 g/mol. The summed E-state index contributed by atoms with van der Waals surface area (Å²) >= 11 is 1.44. The predicted octanol–water partition coefficient (Wildman–Crippen LogP) is 1.99. The molecule has 0 aliphatic carbocycles. The minimum absolute atomic E-state index is 0.0805. The Labute approximate surface area is 92.6 Å². The normalized spacial score (nSPS) is 10.7. The van der Waals surface area contributed by atoms with Crippen molar-refractivity contribution in [1.82, 2.24) is 10.2 Å². The maximum atomic E-state index is 11.2. The van der Waals surface area contributed by atoms with E-state index in [1.807, 2.05) is 0 Å². The van der Waals surface area contributed by atoms with Gasteiger partial charge in [-0.25, -0.2) is 4.79 Å². The number of carbonyl (C=O) groups is 1. The van der Waals surface area contributed by atoms with Gasteiger partial charge in [-0.15, -0.1) is 5.10 Å². The Kier molecular flexibility index (Phi) is 4.61. The van der Waals surface area contributed by atoms with E-state index in [2.05, 4.69) is 24.0 Å². The number of rotatable bonds is 5. The molecule has 0 radical (unpaired) electrons. The lowest BCUT2D eigenvalue weighted by molar-refractivity contribution is 0.0475. The molecular formula is C9H14N2O3S. The standard InChI is InChI=1S/C9H14N2O3S/c1-4-13-8(12)7-10-11-9(14-7)15-5-6(2)3/h6H,4-5H2,1-3H3. The van der Waals surface area contributed by atoms with Crippen LogP contribution in [0.25, 0.3) is 0 Å². The molecule has 1 rings (SSSR count). The summed E-state index contributed by atoms with van der Waals surface area (Å²) in [4.78, 5) is 11.2. The van der Waals surface area contributed by atoms with E-state index in [1.54, 1.807) is 6.92 Å². The summed E-state index contributed by atoms with van der Waals surface area (Å²) in [6.45, 7) is 6.21. The van der Waals surface area contributed by atoms with E-state index >= 15 is 0 Å². The van der Waals surface area contributed by atoms with Crippen LogP contribution in [0.1, 0.15) is 31.5 Å². The van der Waals surface area contributed by atoms with Gasteiger partial charge in [-0.1, -0.05) is 30.7 Å². The highest BCUT2D eigenvalue weighted by molar-refractivity contribution is 7.99. The molecule has 0 unspecified atom stereocenters. The minimum atomic E-state index is -0.568. The van der Waals surface area contributed by atoms with Crippen LogP contribution in [0.3, 0.4) is 0 Å². The molecule has 0 spiro atoms. The largest absolute Gasteiger partial charge is 0.459 e. The Morgan fingerprint density at radius 3 is 2.87 bits per heavy atom. The van der Waals surface area contributed by atoms with Crippen LogP contribution in [0.4, 0.5) is 0 Å². The highest BCUT2D eigenvalue weighted by atomic mass is 32.2. The number of aromatic nitrogens is 2. The third kappa shape index (κ3) is 3.91. The molecule has 0 atom stereocenters. The SMILES string of the molecule is CCOC(=O)c1nnc(SCC(C)C)o1. The first-order chi connectivity index (χ1) is 7.13. The fourth-order valence-electron chi connectivity index (χ4n) is 0.781. The molecule has 15 heavy (non-hydrogen) atoms. The first-order valence-corrected chi connectivity index (χ1v) is 5.75. The first kappa shape index (κ1) is 12.0. The Balaban J connectivity index is 2.52. The van der Waals surface area contributed by atoms with Gasteiger partial charge in [-0.05, 0) is 12.8 Å². The van der Waals surface area contributed by atoms with Gasteiger partial charge in [0.15, 0.2) is 0 Å². The van der Waals surface area contributed by atoms with Crippen molar-refractivity contribution in [2.75, 3.05) is 12.4 Å². The zero-order valence-corrected chi connectivity index (χ0v) is 9.84.